The molecule has 0 saturated carbocycles. The minimum Gasteiger partial charge on any atom is -0.364 e. The average Bonchev–Trinajstić information content (AvgIpc) is 2.58. The molecule has 0 bridgehead atoms. The van der Waals surface area contributed by atoms with Crippen LogP contribution in [-0.2, 0) is 14.2 Å². The van der Waals surface area contributed by atoms with Crippen LogP contribution in [0.1, 0.15) is 20.8 Å². The highest BCUT2D eigenvalue weighted by Crippen LogP contribution is 2.42. The third-order valence-corrected chi connectivity index (χ3v) is 2.74. The summed E-state index contributed by atoms with van der Waals surface area (Å²) >= 11 is 0. The lowest BCUT2D eigenvalue weighted by molar-refractivity contribution is -0.264. The van der Waals surface area contributed by atoms with Gasteiger partial charge in [-0.3, -0.25) is 0 Å². The van der Waals surface area contributed by atoms with Crippen LogP contribution in [0.5, 0.6) is 0 Å². The first kappa shape index (κ1) is 11.6. The molecule has 0 aromatic carbocycles. The molecular formula is C9H15N3O4. The maximum Gasteiger partial charge on any atom is 0.192 e. The molecule has 0 radical (unpaired) electrons. The third-order valence-electron chi connectivity index (χ3n) is 2.74. The summed E-state index contributed by atoms with van der Waals surface area (Å²) in [6, 6.07) is 0. The molecule has 0 aromatic heterocycles. The highest BCUT2D eigenvalue weighted by molar-refractivity contribution is 5.00. The standard InChI is InChI=1S/C9H15N3O4/c1-8(2)15-6-5(4-11-12-10)14-9(3,13)7(6)16-8/h5-7,13H,4H2,1-3H3/t5?,6-,7?,9?/m1/s1. The lowest BCUT2D eigenvalue weighted by atomic mass is 10.1. The first-order valence-corrected chi connectivity index (χ1v) is 5.12. The van der Waals surface area contributed by atoms with Gasteiger partial charge in [0.1, 0.15) is 12.2 Å². The van der Waals surface area contributed by atoms with E-state index >= 15 is 0 Å². The number of azide groups is 1. The fourth-order valence-electron chi connectivity index (χ4n) is 2.17. The van der Waals surface area contributed by atoms with E-state index in [1.54, 1.807) is 13.8 Å². The molecule has 2 aliphatic rings. The number of rotatable bonds is 2. The van der Waals surface area contributed by atoms with Gasteiger partial charge in [0.05, 0.1) is 12.6 Å². The van der Waals surface area contributed by atoms with Crippen LogP contribution in [0.15, 0.2) is 5.11 Å². The first-order valence-electron chi connectivity index (χ1n) is 5.12. The molecule has 90 valence electrons. The van der Waals surface area contributed by atoms with Crippen LogP contribution in [0.25, 0.3) is 10.4 Å². The number of aliphatic hydroxyl groups is 1. The lowest BCUT2D eigenvalue weighted by Crippen LogP contribution is -2.40. The molecule has 2 heterocycles. The highest BCUT2D eigenvalue weighted by Gasteiger charge is 2.60. The SMILES string of the molecule is CC1(C)OC2[C@H](O1)C(CN=[N+]=[N-])OC2(C)O. The van der Waals surface area contributed by atoms with Crippen LogP contribution in [0.2, 0.25) is 0 Å². The van der Waals surface area contributed by atoms with Gasteiger partial charge in [0.15, 0.2) is 11.6 Å². The van der Waals surface area contributed by atoms with Gasteiger partial charge in [0.2, 0.25) is 0 Å². The van der Waals surface area contributed by atoms with Gasteiger partial charge in [-0.15, -0.1) is 0 Å². The number of nitrogens with zero attached hydrogens (tertiary/aromatic N) is 3. The summed E-state index contributed by atoms with van der Waals surface area (Å²) in [5.41, 5.74) is 8.27. The van der Waals surface area contributed by atoms with Crippen LogP contribution in [0.4, 0.5) is 0 Å². The van der Waals surface area contributed by atoms with Crippen molar-refractivity contribution in [3.05, 3.63) is 10.4 Å². The van der Waals surface area contributed by atoms with Gasteiger partial charge in [-0.25, -0.2) is 0 Å². The molecule has 2 aliphatic heterocycles. The Morgan fingerprint density at radius 3 is 2.62 bits per heavy atom. The van der Waals surface area contributed by atoms with E-state index in [4.69, 9.17) is 19.7 Å². The van der Waals surface area contributed by atoms with Crippen molar-refractivity contribution in [2.45, 2.75) is 50.7 Å². The van der Waals surface area contributed by atoms with Gasteiger partial charge >= 0.3 is 0 Å². The summed E-state index contributed by atoms with van der Waals surface area (Å²) in [6.07, 6.45) is -1.44. The topological polar surface area (TPSA) is 96.7 Å². The van der Waals surface area contributed by atoms with Gasteiger partial charge in [-0.2, -0.15) is 0 Å². The van der Waals surface area contributed by atoms with E-state index in [1.165, 1.54) is 6.92 Å². The molecule has 16 heavy (non-hydrogen) atoms. The minimum atomic E-state index is -1.41. The minimum absolute atomic E-state index is 0.118. The van der Waals surface area contributed by atoms with Crippen molar-refractivity contribution >= 4 is 0 Å². The van der Waals surface area contributed by atoms with Crippen LogP contribution in [-0.4, -0.2) is 41.5 Å². The molecule has 0 aromatic rings. The zero-order valence-electron chi connectivity index (χ0n) is 9.45. The predicted molar refractivity (Wildman–Crippen MR) is 53.3 cm³/mol. The summed E-state index contributed by atoms with van der Waals surface area (Å²) < 4.78 is 16.5. The lowest BCUT2D eigenvalue weighted by Gasteiger charge is -2.26. The van der Waals surface area contributed by atoms with E-state index < -0.39 is 29.9 Å². The van der Waals surface area contributed by atoms with Crippen molar-refractivity contribution < 1.29 is 19.3 Å². The van der Waals surface area contributed by atoms with Gasteiger partial charge in [0.25, 0.3) is 0 Å². The summed E-state index contributed by atoms with van der Waals surface area (Å²) in [4.78, 5) is 2.66. The number of hydrogen-bond donors (Lipinski definition) is 1. The van der Waals surface area contributed by atoms with Crippen molar-refractivity contribution in [2.24, 2.45) is 5.11 Å². The Balaban J connectivity index is 2.17. The molecule has 0 amide bonds. The second-order valence-corrected chi connectivity index (χ2v) is 4.65. The molecule has 2 saturated heterocycles. The molecule has 3 unspecified atom stereocenters. The normalized spacial score (nSPS) is 45.1. The zero-order chi connectivity index (χ0) is 12.0. The predicted octanol–water partition coefficient (Wildman–Crippen LogP) is 0.924. The van der Waals surface area contributed by atoms with Gasteiger partial charge in [0, 0.05) is 4.91 Å². The van der Waals surface area contributed by atoms with Crippen molar-refractivity contribution in [1.82, 2.24) is 0 Å². The highest BCUT2D eigenvalue weighted by atomic mass is 16.8. The van der Waals surface area contributed by atoms with Crippen LogP contribution < -0.4 is 0 Å². The van der Waals surface area contributed by atoms with E-state index in [0.717, 1.165) is 0 Å². The monoisotopic (exact) mass is 229 g/mol. The van der Waals surface area contributed by atoms with Crippen molar-refractivity contribution in [1.29, 1.82) is 0 Å². The smallest absolute Gasteiger partial charge is 0.192 e. The maximum atomic E-state index is 10.0. The Kier molecular flexibility index (Phi) is 2.60. The molecule has 0 aliphatic carbocycles. The third kappa shape index (κ3) is 1.88. The summed E-state index contributed by atoms with van der Waals surface area (Å²) in [5, 5.41) is 13.4. The summed E-state index contributed by atoms with van der Waals surface area (Å²) in [5.74, 6) is -2.16. The second-order valence-electron chi connectivity index (χ2n) is 4.65. The number of fused-ring (bicyclic) bond motifs is 1. The van der Waals surface area contributed by atoms with Gasteiger partial charge < -0.3 is 19.3 Å². The van der Waals surface area contributed by atoms with Gasteiger partial charge in [-0.05, 0) is 26.3 Å². The first-order chi connectivity index (χ1) is 7.36. The van der Waals surface area contributed by atoms with E-state index in [-0.39, 0.29) is 6.54 Å². The second kappa shape index (κ2) is 3.58. The molecule has 4 atom stereocenters. The number of ether oxygens (including phenoxy) is 3. The van der Waals surface area contributed by atoms with Crippen LogP contribution in [0, 0.1) is 0 Å². The summed E-state index contributed by atoms with van der Waals surface area (Å²) in [6.45, 7) is 5.18. The zero-order valence-corrected chi connectivity index (χ0v) is 9.45. The van der Waals surface area contributed by atoms with Crippen molar-refractivity contribution in [3.8, 4) is 0 Å². The molecule has 2 rings (SSSR count). The van der Waals surface area contributed by atoms with Crippen LogP contribution >= 0.6 is 0 Å². The molecule has 0 spiro atoms. The maximum absolute atomic E-state index is 10.0. The van der Waals surface area contributed by atoms with E-state index in [0.29, 0.717) is 0 Å². The summed E-state index contributed by atoms with van der Waals surface area (Å²) in [7, 11) is 0. The molecule has 2 fully saturated rings. The molecule has 7 heteroatoms. The Bertz CT molecular complexity index is 338. The number of hydrogen-bond acceptors (Lipinski definition) is 5. The largest absolute Gasteiger partial charge is 0.364 e. The van der Waals surface area contributed by atoms with E-state index in [9.17, 15) is 5.11 Å². The molecule has 7 nitrogen and oxygen atoms in total. The Morgan fingerprint density at radius 1 is 1.31 bits per heavy atom. The molecular weight excluding hydrogens is 214 g/mol. The van der Waals surface area contributed by atoms with Gasteiger partial charge in [-0.1, -0.05) is 5.11 Å². The average molecular weight is 229 g/mol. The Labute approximate surface area is 92.9 Å². The van der Waals surface area contributed by atoms with E-state index in [1.807, 2.05) is 0 Å². The van der Waals surface area contributed by atoms with Crippen LogP contribution in [0.3, 0.4) is 0 Å². The quantitative estimate of drug-likeness (QED) is 0.432. The fourth-order valence-corrected chi connectivity index (χ4v) is 2.17. The van der Waals surface area contributed by atoms with Crippen molar-refractivity contribution in [2.75, 3.05) is 6.54 Å². The molecule has 1 N–H and O–H groups in total. The van der Waals surface area contributed by atoms with E-state index in [2.05, 4.69) is 10.0 Å². The fraction of sp³-hybridized carbons (Fsp3) is 1.00. The Morgan fingerprint density at radius 2 is 2.00 bits per heavy atom. The Hall–Kier alpha value is -0.850. The van der Waals surface area contributed by atoms with Crippen molar-refractivity contribution in [3.63, 3.8) is 0 Å².